The minimum atomic E-state index is -0.0320. The predicted molar refractivity (Wildman–Crippen MR) is 30.5 cm³/mol. The molecule has 2 rings (SSSR count). The van der Waals surface area contributed by atoms with Crippen molar-refractivity contribution in [3.8, 4) is 0 Å². The zero-order valence-electron chi connectivity index (χ0n) is 5.04. The van der Waals surface area contributed by atoms with Crippen molar-refractivity contribution in [2.24, 2.45) is 17.6 Å². The number of fused-ring (bicyclic) bond motifs is 1. The first-order valence-corrected chi connectivity index (χ1v) is 3.23. The molecule has 1 aliphatic heterocycles. The molecular weight excluding hydrogens is 118 g/mol. The standard InChI is InChI=1S/C6H9NO2/c7-2-5-3-1-4(3)6(8)9-5/h3-5H,1-2,7H2. The number of hydrogen-bond acceptors (Lipinski definition) is 3. The molecule has 0 radical (unpaired) electrons. The SMILES string of the molecule is NCC1OC(=O)C2CC12. The molecule has 2 aliphatic rings. The Hall–Kier alpha value is -0.570. The molecule has 3 atom stereocenters. The second-order valence-electron chi connectivity index (χ2n) is 2.72. The van der Waals surface area contributed by atoms with Crippen LogP contribution < -0.4 is 5.73 Å². The van der Waals surface area contributed by atoms with E-state index < -0.39 is 0 Å². The second kappa shape index (κ2) is 1.48. The number of carbonyl (C=O) groups excluding carboxylic acids is 1. The van der Waals surface area contributed by atoms with Crippen LogP contribution >= 0.6 is 0 Å². The molecule has 50 valence electrons. The summed E-state index contributed by atoms with van der Waals surface area (Å²) in [5, 5.41) is 0. The Balaban J connectivity index is 2.08. The number of rotatable bonds is 1. The Morgan fingerprint density at radius 2 is 2.56 bits per heavy atom. The van der Waals surface area contributed by atoms with Crippen LogP contribution in [0.25, 0.3) is 0 Å². The summed E-state index contributed by atoms with van der Waals surface area (Å²) in [4.78, 5) is 10.7. The molecule has 1 saturated carbocycles. The highest BCUT2D eigenvalue weighted by molar-refractivity contribution is 5.78. The maximum absolute atomic E-state index is 10.7. The quantitative estimate of drug-likeness (QED) is 0.483. The average molecular weight is 127 g/mol. The van der Waals surface area contributed by atoms with Crippen LogP contribution in [-0.4, -0.2) is 18.6 Å². The summed E-state index contributed by atoms with van der Waals surface area (Å²) in [5.41, 5.74) is 5.34. The second-order valence-corrected chi connectivity index (χ2v) is 2.72. The summed E-state index contributed by atoms with van der Waals surface area (Å²) in [6.07, 6.45) is 1.06. The molecule has 0 spiro atoms. The van der Waals surface area contributed by atoms with E-state index in [1.807, 2.05) is 0 Å². The van der Waals surface area contributed by atoms with Gasteiger partial charge in [-0.3, -0.25) is 4.79 Å². The van der Waals surface area contributed by atoms with Gasteiger partial charge in [-0.05, 0) is 6.42 Å². The first-order chi connectivity index (χ1) is 4.33. The smallest absolute Gasteiger partial charge is 0.309 e. The third-order valence-electron chi connectivity index (χ3n) is 2.12. The van der Waals surface area contributed by atoms with Crippen LogP contribution in [0, 0.1) is 11.8 Å². The maximum Gasteiger partial charge on any atom is 0.309 e. The highest BCUT2D eigenvalue weighted by Gasteiger charge is 2.55. The summed E-state index contributed by atoms with van der Waals surface area (Å²) < 4.78 is 4.91. The van der Waals surface area contributed by atoms with Crippen molar-refractivity contribution < 1.29 is 9.53 Å². The van der Waals surface area contributed by atoms with Crippen LogP contribution in [0.1, 0.15) is 6.42 Å². The Labute approximate surface area is 53.2 Å². The van der Waals surface area contributed by atoms with Crippen LogP contribution in [0.2, 0.25) is 0 Å². The van der Waals surface area contributed by atoms with E-state index in [0.717, 1.165) is 6.42 Å². The Morgan fingerprint density at radius 3 is 2.78 bits per heavy atom. The van der Waals surface area contributed by atoms with Gasteiger partial charge >= 0.3 is 5.97 Å². The number of hydrogen-bond donors (Lipinski definition) is 1. The fraction of sp³-hybridized carbons (Fsp3) is 0.833. The van der Waals surface area contributed by atoms with Gasteiger partial charge in [-0.1, -0.05) is 0 Å². The molecule has 1 heterocycles. The third-order valence-corrected chi connectivity index (χ3v) is 2.12. The fourth-order valence-electron chi connectivity index (χ4n) is 1.44. The van der Waals surface area contributed by atoms with Gasteiger partial charge in [0.25, 0.3) is 0 Å². The summed E-state index contributed by atoms with van der Waals surface area (Å²) in [6.45, 7) is 0.493. The maximum atomic E-state index is 10.7. The van der Waals surface area contributed by atoms with E-state index in [4.69, 9.17) is 10.5 Å². The predicted octanol–water partition coefficient (Wildman–Crippen LogP) is -0.493. The van der Waals surface area contributed by atoms with E-state index in [9.17, 15) is 4.79 Å². The van der Waals surface area contributed by atoms with Gasteiger partial charge in [0.2, 0.25) is 0 Å². The molecule has 3 unspecified atom stereocenters. The number of ether oxygens (including phenoxy) is 1. The number of carbonyl (C=O) groups is 1. The first kappa shape index (κ1) is 5.23. The minimum Gasteiger partial charge on any atom is -0.460 e. The molecule has 0 aromatic rings. The monoisotopic (exact) mass is 127 g/mol. The van der Waals surface area contributed by atoms with Crippen LogP contribution in [0.5, 0.6) is 0 Å². The molecular formula is C6H9NO2. The largest absolute Gasteiger partial charge is 0.460 e. The zero-order chi connectivity index (χ0) is 6.43. The van der Waals surface area contributed by atoms with Crippen molar-refractivity contribution in [2.45, 2.75) is 12.5 Å². The third kappa shape index (κ3) is 0.580. The van der Waals surface area contributed by atoms with Crippen molar-refractivity contribution in [3.05, 3.63) is 0 Å². The van der Waals surface area contributed by atoms with Crippen molar-refractivity contribution in [2.75, 3.05) is 6.54 Å². The summed E-state index contributed by atoms with van der Waals surface area (Å²) in [5.74, 6) is 0.663. The van der Waals surface area contributed by atoms with Crippen LogP contribution in [0.4, 0.5) is 0 Å². The lowest BCUT2D eigenvalue weighted by molar-refractivity contribution is -0.144. The molecule has 2 fully saturated rings. The van der Waals surface area contributed by atoms with Crippen LogP contribution in [0.15, 0.2) is 0 Å². The van der Waals surface area contributed by atoms with Gasteiger partial charge in [-0.2, -0.15) is 0 Å². The molecule has 2 N–H and O–H groups in total. The molecule has 0 aromatic heterocycles. The number of esters is 1. The molecule has 3 nitrogen and oxygen atoms in total. The van der Waals surface area contributed by atoms with E-state index >= 15 is 0 Å². The Morgan fingerprint density at radius 1 is 1.78 bits per heavy atom. The Kier molecular flexibility index (Phi) is 0.858. The fourth-order valence-corrected chi connectivity index (χ4v) is 1.44. The number of cyclic esters (lactones) is 1. The topological polar surface area (TPSA) is 52.3 Å². The van der Waals surface area contributed by atoms with E-state index in [-0.39, 0.29) is 18.0 Å². The van der Waals surface area contributed by atoms with Crippen LogP contribution in [0.3, 0.4) is 0 Å². The summed E-state index contributed by atoms with van der Waals surface area (Å²) in [6, 6.07) is 0. The first-order valence-electron chi connectivity index (χ1n) is 3.23. The highest BCUT2D eigenvalue weighted by Crippen LogP contribution is 2.48. The molecule has 1 saturated heterocycles. The van der Waals surface area contributed by atoms with Gasteiger partial charge in [-0.15, -0.1) is 0 Å². The Bertz CT molecular complexity index is 157. The van der Waals surface area contributed by atoms with E-state index in [1.54, 1.807) is 0 Å². The molecule has 0 amide bonds. The highest BCUT2D eigenvalue weighted by atomic mass is 16.6. The van der Waals surface area contributed by atoms with E-state index in [0.29, 0.717) is 12.5 Å². The molecule has 3 heteroatoms. The molecule has 0 bridgehead atoms. The average Bonchev–Trinajstić information content (AvgIpc) is 2.56. The van der Waals surface area contributed by atoms with Gasteiger partial charge < -0.3 is 10.5 Å². The van der Waals surface area contributed by atoms with Gasteiger partial charge in [0.05, 0.1) is 5.92 Å². The lowest BCUT2D eigenvalue weighted by Gasteiger charge is -2.07. The minimum absolute atomic E-state index is 0.0320. The van der Waals surface area contributed by atoms with Gasteiger partial charge in [0.15, 0.2) is 0 Å². The summed E-state index contributed by atoms with van der Waals surface area (Å²) in [7, 11) is 0. The normalized spacial score (nSPS) is 46.3. The molecule has 1 aliphatic carbocycles. The van der Waals surface area contributed by atoms with Crippen molar-refractivity contribution in [3.63, 3.8) is 0 Å². The van der Waals surface area contributed by atoms with Crippen molar-refractivity contribution in [1.82, 2.24) is 0 Å². The van der Waals surface area contributed by atoms with Crippen LogP contribution in [-0.2, 0) is 9.53 Å². The van der Waals surface area contributed by atoms with Crippen molar-refractivity contribution >= 4 is 5.97 Å². The molecule has 9 heavy (non-hydrogen) atoms. The van der Waals surface area contributed by atoms with Crippen molar-refractivity contribution in [1.29, 1.82) is 0 Å². The summed E-state index contributed by atoms with van der Waals surface area (Å²) >= 11 is 0. The lowest BCUT2D eigenvalue weighted by atomic mass is 10.2. The number of nitrogens with two attached hydrogens (primary N) is 1. The zero-order valence-corrected chi connectivity index (χ0v) is 5.04. The molecule has 0 aromatic carbocycles. The lowest BCUT2D eigenvalue weighted by Crippen LogP contribution is -2.23. The van der Waals surface area contributed by atoms with Gasteiger partial charge in [-0.25, -0.2) is 0 Å². The van der Waals surface area contributed by atoms with Gasteiger partial charge in [0, 0.05) is 12.5 Å². The van der Waals surface area contributed by atoms with E-state index in [1.165, 1.54) is 0 Å². The van der Waals surface area contributed by atoms with Gasteiger partial charge in [0.1, 0.15) is 6.10 Å². The van der Waals surface area contributed by atoms with E-state index in [2.05, 4.69) is 0 Å².